The maximum Gasteiger partial charge on any atom is 0.234 e. The molecule has 1 heterocycles. The van der Waals surface area contributed by atoms with E-state index in [-0.39, 0.29) is 0 Å². The van der Waals surface area contributed by atoms with Crippen LogP contribution in [0.1, 0.15) is 11.1 Å². The van der Waals surface area contributed by atoms with Crippen LogP contribution in [0.3, 0.4) is 0 Å². The summed E-state index contributed by atoms with van der Waals surface area (Å²) in [4.78, 5) is 0. The third-order valence-electron chi connectivity index (χ3n) is 2.19. The number of benzene rings is 1. The second-order valence-corrected chi connectivity index (χ2v) is 4.54. The third-order valence-corrected chi connectivity index (χ3v) is 3.16. The molecule has 0 saturated carbocycles. The Morgan fingerprint density at radius 2 is 2.29 bits per heavy atom. The van der Waals surface area contributed by atoms with Gasteiger partial charge in [-0.2, -0.15) is 0 Å². The molecule has 1 aromatic heterocycles. The van der Waals surface area contributed by atoms with Crippen molar-refractivity contribution in [2.45, 2.75) is 6.61 Å². The lowest BCUT2D eigenvalue weighted by atomic mass is 10.1. The van der Waals surface area contributed by atoms with Crippen molar-refractivity contribution in [1.82, 2.24) is 9.19 Å². The quantitative estimate of drug-likeness (QED) is 0.697. The normalized spacial score (nSPS) is 9.94. The molecule has 0 unspecified atom stereocenters. The van der Waals surface area contributed by atoms with Crippen LogP contribution in [-0.2, 0) is 6.61 Å². The van der Waals surface area contributed by atoms with Crippen molar-refractivity contribution >= 4 is 28.7 Å². The van der Waals surface area contributed by atoms with Crippen LogP contribution >= 0.6 is 28.7 Å². The van der Waals surface area contributed by atoms with Crippen LogP contribution in [0.15, 0.2) is 34.9 Å². The highest BCUT2D eigenvalue weighted by Gasteiger charge is 2.06. The van der Waals surface area contributed by atoms with Gasteiger partial charge in [0.1, 0.15) is 6.61 Å². The van der Waals surface area contributed by atoms with Crippen molar-refractivity contribution < 1.29 is 4.74 Å². The zero-order valence-electron chi connectivity index (χ0n) is 8.80. The molecular formula is C12H9BrN2OS. The van der Waals surface area contributed by atoms with Gasteiger partial charge in [-0.05, 0) is 24.9 Å². The van der Waals surface area contributed by atoms with E-state index in [2.05, 4.69) is 39.8 Å². The summed E-state index contributed by atoms with van der Waals surface area (Å²) in [5, 5.41) is 4.00. The Balaban J connectivity index is 2.17. The molecule has 0 N–H and O–H groups in total. The minimum absolute atomic E-state index is 0.367. The predicted octanol–water partition coefficient (Wildman–Crippen LogP) is 2.90. The molecule has 0 aliphatic rings. The summed E-state index contributed by atoms with van der Waals surface area (Å²) in [5.74, 6) is 3.14. The number of halogens is 1. The van der Waals surface area contributed by atoms with E-state index >= 15 is 0 Å². The molecule has 5 heteroatoms. The largest absolute Gasteiger partial charge is 0.472 e. The fraction of sp³-hybridized carbons (Fsp3) is 0.0833. The zero-order valence-corrected chi connectivity index (χ0v) is 11.3. The molecule has 2 aromatic rings. The van der Waals surface area contributed by atoms with Crippen LogP contribution in [0.2, 0.25) is 0 Å². The topological polar surface area (TPSA) is 27.1 Å². The van der Waals surface area contributed by atoms with Crippen LogP contribution in [0, 0.1) is 12.3 Å². The molecule has 2 rings (SSSR count). The first-order valence-corrected chi connectivity index (χ1v) is 6.01. The first-order valence-electron chi connectivity index (χ1n) is 4.82. The Morgan fingerprint density at radius 3 is 2.94 bits per heavy atom. The van der Waals surface area contributed by atoms with E-state index in [4.69, 9.17) is 11.2 Å². The number of aromatic nitrogens is 2. The lowest BCUT2D eigenvalue weighted by molar-refractivity contribution is 0.292. The molecule has 0 saturated heterocycles. The molecule has 0 bridgehead atoms. The lowest BCUT2D eigenvalue weighted by Crippen LogP contribution is -2.00. The SMILES string of the molecule is C#Cc1cccc(Br)c1COc1ccn(S)n1. The number of ether oxygens (including phenoxy) is 1. The van der Waals surface area contributed by atoms with E-state index in [0.717, 1.165) is 15.6 Å². The fourth-order valence-corrected chi connectivity index (χ4v) is 2.00. The molecule has 3 nitrogen and oxygen atoms in total. The van der Waals surface area contributed by atoms with Crippen LogP contribution < -0.4 is 4.74 Å². The number of hydrogen-bond donors (Lipinski definition) is 1. The van der Waals surface area contributed by atoms with Crippen molar-refractivity contribution in [2.75, 3.05) is 0 Å². The molecule has 0 atom stereocenters. The van der Waals surface area contributed by atoms with Gasteiger partial charge in [-0.1, -0.05) is 27.9 Å². The molecule has 0 amide bonds. The van der Waals surface area contributed by atoms with Gasteiger partial charge in [0.2, 0.25) is 5.88 Å². The van der Waals surface area contributed by atoms with Gasteiger partial charge in [0, 0.05) is 27.9 Å². The molecule has 1 aromatic carbocycles. The van der Waals surface area contributed by atoms with Gasteiger partial charge in [0.05, 0.1) is 0 Å². The van der Waals surface area contributed by atoms with Crippen LogP contribution in [0.4, 0.5) is 0 Å². The molecule has 0 aliphatic carbocycles. The maximum absolute atomic E-state index is 5.53. The summed E-state index contributed by atoms with van der Waals surface area (Å²) in [5.41, 5.74) is 1.74. The maximum atomic E-state index is 5.53. The molecular weight excluding hydrogens is 300 g/mol. The van der Waals surface area contributed by atoms with E-state index in [9.17, 15) is 0 Å². The molecule has 17 heavy (non-hydrogen) atoms. The minimum Gasteiger partial charge on any atom is -0.472 e. The van der Waals surface area contributed by atoms with E-state index in [1.165, 1.54) is 4.09 Å². The highest BCUT2D eigenvalue weighted by molar-refractivity contribution is 9.10. The fourth-order valence-electron chi connectivity index (χ4n) is 1.36. The molecule has 86 valence electrons. The molecule has 0 fully saturated rings. The Bertz CT molecular complexity index is 574. The highest BCUT2D eigenvalue weighted by Crippen LogP contribution is 2.21. The van der Waals surface area contributed by atoms with E-state index in [0.29, 0.717) is 12.5 Å². The van der Waals surface area contributed by atoms with Gasteiger partial charge in [0.25, 0.3) is 0 Å². The number of rotatable bonds is 3. The summed E-state index contributed by atoms with van der Waals surface area (Å²) in [6.45, 7) is 0.367. The van der Waals surface area contributed by atoms with Gasteiger partial charge in [0.15, 0.2) is 0 Å². The van der Waals surface area contributed by atoms with Gasteiger partial charge in [-0.15, -0.1) is 11.5 Å². The van der Waals surface area contributed by atoms with Crippen molar-refractivity contribution in [3.05, 3.63) is 46.1 Å². The summed E-state index contributed by atoms with van der Waals surface area (Å²) >= 11 is 7.48. The molecule has 0 radical (unpaired) electrons. The summed E-state index contributed by atoms with van der Waals surface area (Å²) in [6.07, 6.45) is 7.13. The predicted molar refractivity (Wildman–Crippen MR) is 73.0 cm³/mol. The van der Waals surface area contributed by atoms with E-state index < -0.39 is 0 Å². The monoisotopic (exact) mass is 308 g/mol. The first-order chi connectivity index (χ1) is 8.20. The lowest BCUT2D eigenvalue weighted by Gasteiger charge is -2.07. The van der Waals surface area contributed by atoms with Crippen molar-refractivity contribution in [3.8, 4) is 18.2 Å². The Morgan fingerprint density at radius 1 is 1.47 bits per heavy atom. The van der Waals surface area contributed by atoms with Gasteiger partial charge >= 0.3 is 0 Å². The number of hydrogen-bond acceptors (Lipinski definition) is 3. The number of nitrogens with zero attached hydrogens (tertiary/aromatic N) is 2. The Kier molecular flexibility index (Phi) is 3.77. The third kappa shape index (κ3) is 2.84. The van der Waals surface area contributed by atoms with E-state index in [1.54, 1.807) is 12.3 Å². The smallest absolute Gasteiger partial charge is 0.234 e. The van der Waals surface area contributed by atoms with Crippen molar-refractivity contribution in [2.24, 2.45) is 0 Å². The highest BCUT2D eigenvalue weighted by atomic mass is 79.9. The van der Waals surface area contributed by atoms with Gasteiger partial charge in [-0.3, -0.25) is 0 Å². The zero-order chi connectivity index (χ0) is 12.3. The average Bonchev–Trinajstić information content (AvgIpc) is 2.73. The van der Waals surface area contributed by atoms with Crippen LogP contribution in [0.5, 0.6) is 5.88 Å². The summed E-state index contributed by atoms with van der Waals surface area (Å²) < 4.78 is 7.85. The van der Waals surface area contributed by atoms with Crippen LogP contribution in [0.25, 0.3) is 0 Å². The van der Waals surface area contributed by atoms with E-state index in [1.807, 2.05) is 18.2 Å². The number of terminal acetylenes is 1. The second-order valence-electron chi connectivity index (χ2n) is 3.27. The summed E-state index contributed by atoms with van der Waals surface area (Å²) in [7, 11) is 0. The second kappa shape index (κ2) is 5.30. The Hall–Kier alpha value is -1.38. The summed E-state index contributed by atoms with van der Waals surface area (Å²) in [6, 6.07) is 7.43. The Labute approximate surface area is 113 Å². The molecule has 0 aliphatic heterocycles. The van der Waals surface area contributed by atoms with Crippen molar-refractivity contribution in [3.63, 3.8) is 0 Å². The minimum atomic E-state index is 0.367. The van der Waals surface area contributed by atoms with Gasteiger partial charge < -0.3 is 4.74 Å². The first kappa shape index (κ1) is 12.1. The van der Waals surface area contributed by atoms with Crippen molar-refractivity contribution in [1.29, 1.82) is 0 Å². The number of thiol groups is 1. The van der Waals surface area contributed by atoms with Crippen LogP contribution in [-0.4, -0.2) is 9.19 Å². The average molecular weight is 309 g/mol. The van der Waals surface area contributed by atoms with Gasteiger partial charge in [-0.25, -0.2) is 4.09 Å². The molecule has 0 spiro atoms. The standard InChI is InChI=1S/C12H9BrN2OS/c1-2-9-4-3-5-11(13)10(9)8-16-12-6-7-15(17)14-12/h1,3-7,17H,8H2.